The van der Waals surface area contributed by atoms with Crippen LogP contribution in [0.25, 0.3) is 0 Å². The Hall–Kier alpha value is -2.32. The summed E-state index contributed by atoms with van der Waals surface area (Å²) in [6.07, 6.45) is 47.5. The third kappa shape index (κ3) is 40.7. The zero-order valence-corrected chi connectivity index (χ0v) is 35.1. The number of hydrogen-bond donors (Lipinski definition) is 0. The van der Waals surface area contributed by atoms with Crippen LogP contribution < -0.4 is 4.89 Å². The van der Waals surface area contributed by atoms with Gasteiger partial charge in [0, 0.05) is 13.0 Å². The Morgan fingerprint density at radius 2 is 1.08 bits per heavy atom. The summed E-state index contributed by atoms with van der Waals surface area (Å²) in [5.41, 5.74) is 0. The van der Waals surface area contributed by atoms with Crippen molar-refractivity contribution in [2.24, 2.45) is 0 Å². The van der Waals surface area contributed by atoms with E-state index >= 15 is 0 Å². The molecule has 0 N–H and O–H groups in total. The van der Waals surface area contributed by atoms with Crippen LogP contribution in [-0.4, -0.2) is 70.7 Å². The molecule has 0 radical (unpaired) electrons. The highest BCUT2D eigenvalue weighted by Crippen LogP contribution is 2.38. The number of hydrogen-bond acceptors (Lipinski definition) is 7. The van der Waals surface area contributed by atoms with Crippen LogP contribution in [0.2, 0.25) is 0 Å². The number of unbranched alkanes of at least 4 members (excludes halogenated alkanes) is 8. The second-order valence-electron chi connectivity index (χ2n) is 14.3. The number of nitrogens with zero attached hydrogens (tertiary/aromatic N) is 1. The van der Waals surface area contributed by atoms with Gasteiger partial charge in [-0.3, -0.25) is 9.36 Å². The monoisotopic (exact) mass is 762 g/mol. The molecule has 0 aliphatic heterocycles. The quantitative estimate of drug-likeness (QED) is 0.0206. The Balaban J connectivity index is 4.33. The van der Waals surface area contributed by atoms with Crippen LogP contribution in [0, 0.1) is 0 Å². The molecular weight excluding hydrogens is 685 g/mol. The lowest BCUT2D eigenvalue weighted by atomic mass is 10.1. The molecule has 0 fully saturated rings. The molecule has 2 atom stereocenters. The molecule has 0 bridgehead atoms. The predicted molar refractivity (Wildman–Crippen MR) is 222 cm³/mol. The largest absolute Gasteiger partial charge is 0.756 e. The summed E-state index contributed by atoms with van der Waals surface area (Å²) in [5.74, 6) is -0.397. The van der Waals surface area contributed by atoms with E-state index in [4.69, 9.17) is 18.5 Å². The number of quaternary nitrogens is 1. The lowest BCUT2D eigenvalue weighted by Gasteiger charge is -2.28. The van der Waals surface area contributed by atoms with E-state index in [0.29, 0.717) is 24.1 Å². The standard InChI is InChI=1S/C44H76NO7P/c1-6-8-10-12-14-16-17-18-19-20-21-22-23-24-25-26-27-28-29-30-31-33-35-37-44(46)52-43(41-49-39-36-34-32-15-13-11-9-7-2)42-51-53(47,48)50-40-38-45(3,4)5/h8,10,14,16,18-19,21-22,24-25,27-28,30-31,43H,6-7,9,11-13,15,17,20,23,26,29,32-42H2,1-5H3/b10-8-,16-14-,19-18-,22-21-,25-24-,28-27-,31-30-. The number of phosphoric ester groups is 1. The Morgan fingerprint density at radius 1 is 0.604 bits per heavy atom. The molecule has 304 valence electrons. The summed E-state index contributed by atoms with van der Waals surface area (Å²) in [4.78, 5) is 24.9. The Labute approximate surface area is 325 Å². The second-order valence-corrected chi connectivity index (χ2v) is 15.7. The van der Waals surface area contributed by atoms with Gasteiger partial charge >= 0.3 is 5.97 Å². The molecule has 0 rings (SSSR count). The van der Waals surface area contributed by atoms with E-state index in [0.717, 1.165) is 64.2 Å². The number of ether oxygens (including phenoxy) is 2. The summed E-state index contributed by atoms with van der Waals surface area (Å²) < 4.78 is 34.3. The van der Waals surface area contributed by atoms with Crippen molar-refractivity contribution in [3.05, 3.63) is 85.1 Å². The average Bonchev–Trinajstić information content (AvgIpc) is 3.11. The maximum absolute atomic E-state index is 12.6. The minimum atomic E-state index is -4.53. The molecule has 53 heavy (non-hydrogen) atoms. The summed E-state index contributed by atoms with van der Waals surface area (Å²) in [7, 11) is 1.30. The highest BCUT2D eigenvalue weighted by Gasteiger charge is 2.20. The van der Waals surface area contributed by atoms with Gasteiger partial charge in [-0.15, -0.1) is 0 Å². The van der Waals surface area contributed by atoms with Crippen LogP contribution in [0.1, 0.15) is 129 Å². The molecule has 0 aromatic heterocycles. The van der Waals surface area contributed by atoms with Gasteiger partial charge in [0.2, 0.25) is 0 Å². The summed E-state index contributed by atoms with van der Waals surface area (Å²) in [6, 6.07) is 0. The minimum Gasteiger partial charge on any atom is -0.756 e. The maximum atomic E-state index is 12.6. The number of likely N-dealkylation sites (N-methyl/N-ethyl adjacent to an activating group) is 1. The zero-order chi connectivity index (χ0) is 39.1. The van der Waals surface area contributed by atoms with Gasteiger partial charge in [-0.1, -0.05) is 144 Å². The molecule has 0 spiro atoms. The van der Waals surface area contributed by atoms with Crippen LogP contribution >= 0.6 is 7.82 Å². The highest BCUT2D eigenvalue weighted by molar-refractivity contribution is 7.45. The molecule has 0 saturated heterocycles. The van der Waals surface area contributed by atoms with E-state index in [1.165, 1.54) is 38.5 Å². The van der Waals surface area contributed by atoms with Crippen LogP contribution in [-0.2, 0) is 27.9 Å². The van der Waals surface area contributed by atoms with E-state index in [1.54, 1.807) is 0 Å². The molecule has 0 saturated carbocycles. The summed E-state index contributed by atoms with van der Waals surface area (Å²) >= 11 is 0. The van der Waals surface area contributed by atoms with Crippen LogP contribution in [0.15, 0.2) is 85.1 Å². The van der Waals surface area contributed by atoms with Crippen LogP contribution in [0.4, 0.5) is 0 Å². The molecule has 0 amide bonds. The van der Waals surface area contributed by atoms with Gasteiger partial charge in [0.15, 0.2) is 0 Å². The molecule has 0 aliphatic carbocycles. The fraction of sp³-hybridized carbons (Fsp3) is 0.659. The van der Waals surface area contributed by atoms with E-state index in [1.807, 2.05) is 21.1 Å². The molecule has 0 heterocycles. The van der Waals surface area contributed by atoms with Crippen molar-refractivity contribution < 1.29 is 37.3 Å². The molecule has 9 heteroatoms. The Kier molecular flexibility index (Phi) is 35.0. The second kappa shape index (κ2) is 36.6. The van der Waals surface area contributed by atoms with E-state index in [2.05, 4.69) is 98.9 Å². The number of esters is 1. The van der Waals surface area contributed by atoms with E-state index in [9.17, 15) is 14.3 Å². The SMILES string of the molecule is CC/C=C\C/C=C\C/C=C\C/C=C\C/C=C\C/C=C\C/C=C\CCCC(=O)OC(COCCCCCCCCCC)COP(=O)([O-])OCC[N+](C)(C)C. The number of rotatable bonds is 36. The molecule has 0 aromatic carbocycles. The minimum absolute atomic E-state index is 0.0112. The smallest absolute Gasteiger partial charge is 0.306 e. The summed E-state index contributed by atoms with van der Waals surface area (Å²) in [6.45, 7) is 5.16. The van der Waals surface area contributed by atoms with Crippen molar-refractivity contribution in [2.75, 3.05) is 54.1 Å². The number of phosphoric acid groups is 1. The number of allylic oxidation sites excluding steroid dienone is 14. The van der Waals surface area contributed by atoms with Gasteiger partial charge in [0.1, 0.15) is 19.3 Å². The first kappa shape index (κ1) is 50.7. The van der Waals surface area contributed by atoms with Crippen molar-refractivity contribution in [2.45, 2.75) is 136 Å². The first-order valence-electron chi connectivity index (χ1n) is 20.3. The molecular formula is C44H76NO7P. The number of carbonyl (C=O) groups is 1. The Morgan fingerprint density at radius 3 is 1.57 bits per heavy atom. The van der Waals surface area contributed by atoms with Crippen molar-refractivity contribution >= 4 is 13.8 Å². The molecule has 0 aliphatic rings. The number of carbonyl (C=O) groups excluding carboxylic acids is 1. The van der Waals surface area contributed by atoms with Gasteiger partial charge in [-0.2, -0.15) is 0 Å². The van der Waals surface area contributed by atoms with Gasteiger partial charge in [0.25, 0.3) is 7.82 Å². The van der Waals surface area contributed by atoms with Gasteiger partial charge < -0.3 is 27.9 Å². The highest BCUT2D eigenvalue weighted by atomic mass is 31.2. The van der Waals surface area contributed by atoms with E-state index in [-0.39, 0.29) is 26.2 Å². The fourth-order valence-corrected chi connectivity index (χ4v) is 5.56. The van der Waals surface area contributed by atoms with Crippen LogP contribution in [0.5, 0.6) is 0 Å². The molecule has 2 unspecified atom stereocenters. The van der Waals surface area contributed by atoms with Gasteiger partial charge in [0.05, 0.1) is 34.4 Å². The van der Waals surface area contributed by atoms with E-state index < -0.39 is 19.9 Å². The van der Waals surface area contributed by atoms with Gasteiger partial charge in [-0.05, 0) is 64.2 Å². The predicted octanol–water partition coefficient (Wildman–Crippen LogP) is 11.1. The van der Waals surface area contributed by atoms with Crippen molar-refractivity contribution in [3.8, 4) is 0 Å². The van der Waals surface area contributed by atoms with Crippen molar-refractivity contribution in [1.82, 2.24) is 0 Å². The first-order valence-corrected chi connectivity index (χ1v) is 21.8. The summed E-state index contributed by atoms with van der Waals surface area (Å²) in [5, 5.41) is 0. The first-order chi connectivity index (χ1) is 25.6. The average molecular weight is 762 g/mol. The van der Waals surface area contributed by atoms with Crippen LogP contribution in [0.3, 0.4) is 0 Å². The molecule has 0 aromatic rings. The zero-order valence-electron chi connectivity index (χ0n) is 34.2. The lowest BCUT2D eigenvalue weighted by Crippen LogP contribution is -2.37. The maximum Gasteiger partial charge on any atom is 0.306 e. The third-order valence-electron chi connectivity index (χ3n) is 7.96. The van der Waals surface area contributed by atoms with Crippen molar-refractivity contribution in [3.63, 3.8) is 0 Å². The van der Waals surface area contributed by atoms with Crippen molar-refractivity contribution in [1.29, 1.82) is 0 Å². The fourth-order valence-electron chi connectivity index (χ4n) is 4.83. The lowest BCUT2D eigenvalue weighted by molar-refractivity contribution is -0.870. The third-order valence-corrected chi connectivity index (χ3v) is 8.93. The molecule has 8 nitrogen and oxygen atoms in total. The topological polar surface area (TPSA) is 94.1 Å². The Bertz CT molecular complexity index is 1120. The normalized spacial score (nSPS) is 14.8. The van der Waals surface area contributed by atoms with Gasteiger partial charge in [-0.25, -0.2) is 0 Å².